The van der Waals surface area contributed by atoms with Crippen LogP contribution >= 0.6 is 0 Å². The molecule has 1 aromatic rings. The Morgan fingerprint density at radius 1 is 1.45 bits per heavy atom. The van der Waals surface area contributed by atoms with Crippen LogP contribution in [0.15, 0.2) is 16.8 Å². The van der Waals surface area contributed by atoms with Crippen molar-refractivity contribution < 1.29 is 12.9 Å². The van der Waals surface area contributed by atoms with Crippen LogP contribution in [0.1, 0.15) is 25.5 Å². The molecule has 0 atom stereocenters. The van der Waals surface area contributed by atoms with Gasteiger partial charge in [0.05, 0.1) is 12.7 Å². The predicted molar refractivity (Wildman–Crippen MR) is 75.1 cm³/mol. The van der Waals surface area contributed by atoms with Crippen LogP contribution in [0.25, 0.3) is 0 Å². The lowest BCUT2D eigenvalue weighted by Crippen LogP contribution is -2.45. The monoisotopic (exact) mass is 302 g/mol. The van der Waals surface area contributed by atoms with Gasteiger partial charge in [0, 0.05) is 19.2 Å². The Labute approximate surface area is 119 Å². The summed E-state index contributed by atoms with van der Waals surface area (Å²) < 4.78 is 33.2. The average molecular weight is 302 g/mol. The van der Waals surface area contributed by atoms with Gasteiger partial charge in [0.25, 0.3) is 10.2 Å². The highest BCUT2D eigenvalue weighted by molar-refractivity contribution is 7.87. The van der Waals surface area contributed by atoms with Gasteiger partial charge >= 0.3 is 0 Å². The summed E-state index contributed by atoms with van der Waals surface area (Å²) in [5, 5.41) is 6.86. The lowest BCUT2D eigenvalue weighted by Gasteiger charge is -2.31. The highest BCUT2D eigenvalue weighted by Gasteiger charge is 2.27. The first-order chi connectivity index (χ1) is 9.62. The molecule has 0 unspecified atom stereocenters. The van der Waals surface area contributed by atoms with Crippen LogP contribution in [-0.4, -0.2) is 44.1 Å². The van der Waals surface area contributed by atoms with Gasteiger partial charge in [0.15, 0.2) is 5.76 Å². The van der Waals surface area contributed by atoms with Crippen LogP contribution in [-0.2, 0) is 16.8 Å². The predicted octanol–water partition coefficient (Wildman–Crippen LogP) is 0.331. The maximum atomic E-state index is 12.1. The number of nitrogens with one attached hydrogen (secondary N) is 2. The molecule has 114 valence electrons. The van der Waals surface area contributed by atoms with E-state index in [0.29, 0.717) is 24.8 Å². The van der Waals surface area contributed by atoms with Crippen LogP contribution in [0.2, 0.25) is 0 Å². The van der Waals surface area contributed by atoms with Crippen molar-refractivity contribution in [3.05, 3.63) is 18.0 Å². The average Bonchev–Trinajstić information content (AvgIpc) is 2.97. The highest BCUT2D eigenvalue weighted by atomic mass is 32.2. The molecule has 0 saturated carbocycles. The summed E-state index contributed by atoms with van der Waals surface area (Å²) in [4.78, 5) is 0. The van der Waals surface area contributed by atoms with Gasteiger partial charge in [-0.15, -0.1) is 0 Å². The smallest absolute Gasteiger partial charge is 0.279 e. The molecule has 0 radical (unpaired) electrons. The molecule has 2 rings (SSSR count). The van der Waals surface area contributed by atoms with E-state index in [4.69, 9.17) is 4.52 Å². The molecule has 1 aliphatic rings. The first-order valence-corrected chi connectivity index (χ1v) is 8.41. The van der Waals surface area contributed by atoms with Gasteiger partial charge in [0.1, 0.15) is 0 Å². The molecule has 0 bridgehead atoms. The standard InChI is InChI=1S/C12H22N4O3S/c1-2-13-9-11-4-7-16(8-5-11)20(17,18)15-10-12-3-6-14-19-12/h3,6,11,13,15H,2,4-5,7-10H2,1H3. The summed E-state index contributed by atoms with van der Waals surface area (Å²) in [7, 11) is -3.43. The van der Waals surface area contributed by atoms with Crippen molar-refractivity contribution in [3.63, 3.8) is 0 Å². The minimum Gasteiger partial charge on any atom is -0.360 e. The zero-order chi connectivity index (χ0) is 14.4. The SMILES string of the molecule is CCNCC1CCN(S(=O)(=O)NCc2ccno2)CC1. The Morgan fingerprint density at radius 2 is 2.20 bits per heavy atom. The first-order valence-electron chi connectivity index (χ1n) is 6.97. The normalized spacial score (nSPS) is 18.4. The van der Waals surface area contributed by atoms with Gasteiger partial charge in [-0.1, -0.05) is 12.1 Å². The van der Waals surface area contributed by atoms with Crippen molar-refractivity contribution >= 4 is 10.2 Å². The van der Waals surface area contributed by atoms with Crippen LogP contribution in [0.3, 0.4) is 0 Å². The van der Waals surface area contributed by atoms with Gasteiger partial charge in [-0.05, 0) is 31.8 Å². The number of piperidine rings is 1. The summed E-state index contributed by atoms with van der Waals surface area (Å²) in [5.41, 5.74) is 0. The number of rotatable bonds is 7. The second kappa shape index (κ2) is 7.16. The first kappa shape index (κ1) is 15.4. The Hall–Kier alpha value is -0.960. The molecular weight excluding hydrogens is 280 g/mol. The highest BCUT2D eigenvalue weighted by Crippen LogP contribution is 2.18. The van der Waals surface area contributed by atoms with Gasteiger partial charge in [-0.2, -0.15) is 17.4 Å². The van der Waals surface area contributed by atoms with E-state index in [2.05, 4.69) is 22.1 Å². The van der Waals surface area contributed by atoms with Crippen molar-refractivity contribution in [2.45, 2.75) is 26.3 Å². The molecule has 1 saturated heterocycles. The van der Waals surface area contributed by atoms with Gasteiger partial charge in [0.2, 0.25) is 0 Å². The number of hydrogen-bond donors (Lipinski definition) is 2. The second-order valence-corrected chi connectivity index (χ2v) is 6.71. The quantitative estimate of drug-likeness (QED) is 0.758. The summed E-state index contributed by atoms with van der Waals surface area (Å²) in [6.07, 6.45) is 3.29. The fourth-order valence-electron chi connectivity index (χ4n) is 2.29. The Bertz CT molecular complexity index is 481. The van der Waals surface area contributed by atoms with Crippen LogP contribution in [0.5, 0.6) is 0 Å². The molecular formula is C12H22N4O3S. The fraction of sp³-hybridized carbons (Fsp3) is 0.750. The molecule has 20 heavy (non-hydrogen) atoms. The van der Waals surface area contributed by atoms with Crippen LogP contribution in [0.4, 0.5) is 0 Å². The van der Waals surface area contributed by atoms with E-state index in [0.717, 1.165) is 25.9 Å². The van der Waals surface area contributed by atoms with E-state index in [1.165, 1.54) is 10.5 Å². The molecule has 2 heterocycles. The maximum absolute atomic E-state index is 12.1. The van der Waals surface area contributed by atoms with Crippen LogP contribution in [0, 0.1) is 5.92 Å². The maximum Gasteiger partial charge on any atom is 0.279 e. The molecule has 2 N–H and O–H groups in total. The molecule has 7 nitrogen and oxygen atoms in total. The summed E-state index contributed by atoms with van der Waals surface area (Å²) in [5.74, 6) is 1.08. The third kappa shape index (κ3) is 4.27. The third-order valence-electron chi connectivity index (χ3n) is 3.52. The van der Waals surface area contributed by atoms with E-state index in [1.54, 1.807) is 6.07 Å². The van der Waals surface area contributed by atoms with Crippen molar-refractivity contribution in [3.8, 4) is 0 Å². The van der Waals surface area contributed by atoms with E-state index >= 15 is 0 Å². The number of aromatic nitrogens is 1. The van der Waals surface area contributed by atoms with Crippen molar-refractivity contribution in [2.24, 2.45) is 5.92 Å². The lowest BCUT2D eigenvalue weighted by molar-refractivity contribution is 0.265. The van der Waals surface area contributed by atoms with Gasteiger partial charge in [-0.3, -0.25) is 0 Å². The molecule has 8 heteroatoms. The van der Waals surface area contributed by atoms with Crippen LogP contribution < -0.4 is 10.0 Å². The fourth-order valence-corrected chi connectivity index (χ4v) is 3.49. The number of nitrogens with zero attached hydrogens (tertiary/aromatic N) is 2. The van der Waals surface area contributed by atoms with Crippen molar-refractivity contribution in [2.75, 3.05) is 26.2 Å². The van der Waals surface area contributed by atoms with Gasteiger partial charge < -0.3 is 9.84 Å². The van der Waals surface area contributed by atoms with Crippen molar-refractivity contribution in [1.29, 1.82) is 0 Å². The molecule has 1 aliphatic heterocycles. The summed E-state index contributed by atoms with van der Waals surface area (Å²) in [6, 6.07) is 1.64. The zero-order valence-corrected chi connectivity index (χ0v) is 12.5. The Balaban J connectivity index is 1.79. The second-order valence-electron chi connectivity index (χ2n) is 4.96. The van der Waals surface area contributed by atoms with E-state index in [1.807, 2.05) is 0 Å². The minimum absolute atomic E-state index is 0.139. The molecule has 0 spiro atoms. The molecule has 1 fully saturated rings. The summed E-state index contributed by atoms with van der Waals surface area (Å²) in [6.45, 7) is 5.28. The molecule has 0 amide bonds. The van der Waals surface area contributed by atoms with E-state index in [-0.39, 0.29) is 6.54 Å². The largest absolute Gasteiger partial charge is 0.360 e. The molecule has 0 aromatic carbocycles. The number of hydrogen-bond acceptors (Lipinski definition) is 5. The lowest BCUT2D eigenvalue weighted by atomic mass is 9.98. The third-order valence-corrected chi connectivity index (χ3v) is 5.07. The van der Waals surface area contributed by atoms with Crippen molar-refractivity contribution in [1.82, 2.24) is 19.5 Å². The van der Waals surface area contributed by atoms with E-state index < -0.39 is 10.2 Å². The Morgan fingerprint density at radius 3 is 2.80 bits per heavy atom. The molecule has 1 aromatic heterocycles. The minimum atomic E-state index is -3.43. The topological polar surface area (TPSA) is 87.5 Å². The summed E-state index contributed by atoms with van der Waals surface area (Å²) >= 11 is 0. The zero-order valence-electron chi connectivity index (χ0n) is 11.7. The van der Waals surface area contributed by atoms with Gasteiger partial charge in [-0.25, -0.2) is 0 Å². The molecule has 0 aliphatic carbocycles. The van der Waals surface area contributed by atoms with E-state index in [9.17, 15) is 8.42 Å². The Kier molecular flexibility index (Phi) is 5.53.